The number of pyridine rings is 1. The normalized spacial score (nSPS) is 12.4. The summed E-state index contributed by atoms with van der Waals surface area (Å²) in [5.74, 6) is -1.01. The van der Waals surface area contributed by atoms with Crippen molar-refractivity contribution in [3.63, 3.8) is 0 Å². The summed E-state index contributed by atoms with van der Waals surface area (Å²) in [6.07, 6.45) is 4.18. The van der Waals surface area contributed by atoms with Crippen molar-refractivity contribution in [2.24, 2.45) is 0 Å². The van der Waals surface area contributed by atoms with E-state index in [1.807, 2.05) is 19.9 Å². The summed E-state index contributed by atoms with van der Waals surface area (Å²) >= 11 is 0. The fourth-order valence-corrected chi connectivity index (χ4v) is 2.53. The molecule has 1 atom stereocenters. The molecule has 112 valence electrons. The van der Waals surface area contributed by atoms with Crippen molar-refractivity contribution in [1.82, 2.24) is 10.3 Å². The van der Waals surface area contributed by atoms with E-state index >= 15 is 0 Å². The molecule has 2 nitrogen and oxygen atoms in total. The van der Waals surface area contributed by atoms with Crippen LogP contribution in [-0.4, -0.2) is 11.5 Å². The average molecular weight is 290 g/mol. The van der Waals surface area contributed by atoms with Crippen LogP contribution >= 0.6 is 0 Å². The zero-order valence-corrected chi connectivity index (χ0v) is 12.6. The molecule has 0 radical (unpaired) electrons. The van der Waals surface area contributed by atoms with Crippen LogP contribution < -0.4 is 5.32 Å². The molecular weight excluding hydrogens is 270 g/mol. The number of hydrogen-bond donors (Lipinski definition) is 1. The van der Waals surface area contributed by atoms with Crippen molar-refractivity contribution >= 4 is 0 Å². The van der Waals surface area contributed by atoms with Crippen LogP contribution in [0.2, 0.25) is 0 Å². The Balaban J connectivity index is 2.62. The van der Waals surface area contributed by atoms with Gasteiger partial charge in [-0.25, -0.2) is 8.78 Å². The fourth-order valence-electron chi connectivity index (χ4n) is 2.53. The van der Waals surface area contributed by atoms with E-state index in [0.717, 1.165) is 17.5 Å². The van der Waals surface area contributed by atoms with E-state index in [9.17, 15) is 8.78 Å². The van der Waals surface area contributed by atoms with Gasteiger partial charge in [0.2, 0.25) is 0 Å². The molecule has 4 heteroatoms. The first-order valence-corrected chi connectivity index (χ1v) is 7.20. The minimum absolute atomic E-state index is 0.0813. The third kappa shape index (κ3) is 3.10. The van der Waals surface area contributed by atoms with Gasteiger partial charge in [0, 0.05) is 18.0 Å². The quantitative estimate of drug-likeness (QED) is 0.902. The van der Waals surface area contributed by atoms with Crippen molar-refractivity contribution in [3.05, 3.63) is 64.5 Å². The molecule has 1 heterocycles. The second-order valence-electron chi connectivity index (χ2n) is 5.01. The first-order valence-electron chi connectivity index (χ1n) is 7.20. The lowest BCUT2D eigenvalue weighted by molar-refractivity contribution is 0.505. The van der Waals surface area contributed by atoms with Crippen LogP contribution in [0.25, 0.3) is 0 Å². The van der Waals surface area contributed by atoms with Crippen LogP contribution in [-0.2, 0) is 6.42 Å². The van der Waals surface area contributed by atoms with E-state index in [2.05, 4.69) is 10.3 Å². The second-order valence-corrected chi connectivity index (χ2v) is 5.01. The first-order chi connectivity index (χ1) is 10.1. The molecule has 1 aromatic carbocycles. The van der Waals surface area contributed by atoms with Gasteiger partial charge in [0.25, 0.3) is 0 Å². The van der Waals surface area contributed by atoms with Gasteiger partial charge in [0.05, 0.1) is 6.04 Å². The zero-order chi connectivity index (χ0) is 15.4. The largest absolute Gasteiger partial charge is 0.306 e. The number of nitrogens with one attached hydrogen (secondary N) is 1. The highest BCUT2D eigenvalue weighted by atomic mass is 19.1. The zero-order valence-electron chi connectivity index (χ0n) is 12.6. The van der Waals surface area contributed by atoms with E-state index in [0.29, 0.717) is 12.1 Å². The number of aromatic nitrogens is 1. The number of benzene rings is 1. The molecule has 21 heavy (non-hydrogen) atoms. The van der Waals surface area contributed by atoms with Gasteiger partial charge in [0.1, 0.15) is 11.6 Å². The molecule has 0 saturated carbocycles. The minimum atomic E-state index is -0.525. The lowest BCUT2D eigenvalue weighted by Crippen LogP contribution is -2.25. The van der Waals surface area contributed by atoms with Crippen molar-refractivity contribution in [3.8, 4) is 0 Å². The van der Waals surface area contributed by atoms with Gasteiger partial charge >= 0.3 is 0 Å². The molecule has 2 rings (SSSR count). The molecule has 0 spiro atoms. The number of aryl methyl sites for hydroxylation is 2. The molecule has 0 bridgehead atoms. The lowest BCUT2D eigenvalue weighted by Gasteiger charge is -2.23. The van der Waals surface area contributed by atoms with Crippen LogP contribution in [0.15, 0.2) is 30.6 Å². The predicted molar refractivity (Wildman–Crippen MR) is 80.2 cm³/mol. The smallest absolute Gasteiger partial charge is 0.134 e. The van der Waals surface area contributed by atoms with Crippen LogP contribution in [0.5, 0.6) is 0 Å². The maximum atomic E-state index is 14.5. The Hall–Kier alpha value is -1.81. The summed E-state index contributed by atoms with van der Waals surface area (Å²) in [5.41, 5.74) is 2.39. The van der Waals surface area contributed by atoms with Gasteiger partial charge in [-0.15, -0.1) is 0 Å². The summed E-state index contributed by atoms with van der Waals surface area (Å²) < 4.78 is 28.7. The molecular formula is C17H20F2N2. The van der Waals surface area contributed by atoms with Crippen LogP contribution in [0, 0.1) is 18.6 Å². The Morgan fingerprint density at radius 2 is 1.95 bits per heavy atom. The predicted octanol–water partition coefficient (Wildman–Crippen LogP) is 3.93. The molecule has 1 N–H and O–H groups in total. The molecule has 0 fully saturated rings. The summed E-state index contributed by atoms with van der Waals surface area (Å²) in [6.45, 7) is 6.19. The molecule has 0 aliphatic carbocycles. The highest BCUT2D eigenvalue weighted by Gasteiger charge is 2.24. The van der Waals surface area contributed by atoms with E-state index in [4.69, 9.17) is 0 Å². The Morgan fingerprint density at radius 3 is 2.62 bits per heavy atom. The van der Waals surface area contributed by atoms with Crippen LogP contribution in [0.4, 0.5) is 8.78 Å². The molecule has 1 aromatic heterocycles. The van der Waals surface area contributed by atoms with E-state index in [1.54, 1.807) is 19.3 Å². The van der Waals surface area contributed by atoms with Gasteiger partial charge in [-0.05, 0) is 48.7 Å². The lowest BCUT2D eigenvalue weighted by atomic mass is 9.93. The molecule has 0 aliphatic rings. The van der Waals surface area contributed by atoms with Gasteiger partial charge < -0.3 is 5.32 Å². The number of nitrogens with zero attached hydrogens (tertiary/aromatic N) is 1. The SMILES string of the molecule is CCNC(c1ccncc1CC)c1c(F)ccc(C)c1F. The molecule has 0 amide bonds. The monoisotopic (exact) mass is 290 g/mol. The van der Waals surface area contributed by atoms with Gasteiger partial charge in [-0.1, -0.05) is 19.9 Å². The Bertz CT molecular complexity index is 626. The topological polar surface area (TPSA) is 24.9 Å². The highest BCUT2D eigenvalue weighted by molar-refractivity contribution is 5.39. The summed E-state index contributed by atoms with van der Waals surface area (Å²) in [7, 11) is 0. The molecule has 1 unspecified atom stereocenters. The maximum Gasteiger partial charge on any atom is 0.134 e. The fraction of sp³-hybridized carbons (Fsp3) is 0.353. The minimum Gasteiger partial charge on any atom is -0.306 e. The second kappa shape index (κ2) is 6.76. The highest BCUT2D eigenvalue weighted by Crippen LogP contribution is 2.30. The van der Waals surface area contributed by atoms with Crippen molar-refractivity contribution in [2.45, 2.75) is 33.2 Å². The summed E-state index contributed by atoms with van der Waals surface area (Å²) in [5, 5.41) is 3.19. The third-order valence-electron chi connectivity index (χ3n) is 3.65. The molecule has 2 aromatic rings. The van der Waals surface area contributed by atoms with Crippen molar-refractivity contribution in [1.29, 1.82) is 0 Å². The third-order valence-corrected chi connectivity index (χ3v) is 3.65. The van der Waals surface area contributed by atoms with Crippen molar-refractivity contribution < 1.29 is 8.78 Å². The van der Waals surface area contributed by atoms with Gasteiger partial charge in [-0.2, -0.15) is 0 Å². The summed E-state index contributed by atoms with van der Waals surface area (Å²) in [4.78, 5) is 4.10. The van der Waals surface area contributed by atoms with Gasteiger partial charge in [-0.3, -0.25) is 4.98 Å². The van der Waals surface area contributed by atoms with Crippen LogP contribution in [0.3, 0.4) is 0 Å². The molecule has 0 aliphatic heterocycles. The average Bonchev–Trinajstić information content (AvgIpc) is 2.50. The first kappa shape index (κ1) is 15.6. The standard InChI is InChI=1S/C17H20F2N2/c1-4-12-10-20-9-8-13(12)17(21-5-2)15-14(18)7-6-11(3)16(15)19/h6-10,17,21H,4-5H2,1-3H3. The Kier molecular flexibility index (Phi) is 5.02. The number of hydrogen-bond acceptors (Lipinski definition) is 2. The van der Waals surface area contributed by atoms with Crippen molar-refractivity contribution in [2.75, 3.05) is 6.54 Å². The number of halogens is 2. The Labute approximate surface area is 124 Å². The van der Waals surface area contributed by atoms with E-state index in [-0.39, 0.29) is 5.56 Å². The Morgan fingerprint density at radius 1 is 1.19 bits per heavy atom. The van der Waals surface area contributed by atoms with Crippen LogP contribution in [0.1, 0.15) is 42.1 Å². The van der Waals surface area contributed by atoms with Gasteiger partial charge in [0.15, 0.2) is 0 Å². The maximum absolute atomic E-state index is 14.5. The van der Waals surface area contributed by atoms with E-state index < -0.39 is 17.7 Å². The summed E-state index contributed by atoms with van der Waals surface area (Å²) in [6, 6.07) is 4.11. The number of rotatable bonds is 5. The molecule has 0 saturated heterocycles. The van der Waals surface area contributed by atoms with E-state index in [1.165, 1.54) is 12.1 Å².